The summed E-state index contributed by atoms with van der Waals surface area (Å²) in [6, 6.07) is 18.4. The Hall–Kier alpha value is -1.64. The Kier molecular flexibility index (Phi) is 4.58. The van der Waals surface area contributed by atoms with E-state index < -0.39 is 5.60 Å². The SMILES string of the molecule is CCC(C)(O)C(OC)c1ccc(-c2ccccc2)cc1. The highest BCUT2D eigenvalue weighted by molar-refractivity contribution is 5.63. The second kappa shape index (κ2) is 6.21. The summed E-state index contributed by atoms with van der Waals surface area (Å²) < 4.78 is 5.49. The van der Waals surface area contributed by atoms with Crippen molar-refractivity contribution in [1.29, 1.82) is 0 Å². The first-order valence-corrected chi connectivity index (χ1v) is 6.99. The highest BCUT2D eigenvalue weighted by Gasteiger charge is 2.31. The quantitative estimate of drug-likeness (QED) is 0.882. The Labute approximate surface area is 121 Å². The molecule has 0 aromatic heterocycles. The van der Waals surface area contributed by atoms with Gasteiger partial charge in [0.25, 0.3) is 0 Å². The molecule has 0 aliphatic carbocycles. The fourth-order valence-electron chi connectivity index (χ4n) is 2.42. The van der Waals surface area contributed by atoms with Crippen LogP contribution in [0.2, 0.25) is 0 Å². The third-order valence-electron chi connectivity index (χ3n) is 3.84. The normalized spacial score (nSPS) is 15.6. The van der Waals surface area contributed by atoms with E-state index in [0.29, 0.717) is 6.42 Å². The average molecular weight is 270 g/mol. The van der Waals surface area contributed by atoms with Crippen LogP contribution in [0.1, 0.15) is 31.9 Å². The van der Waals surface area contributed by atoms with E-state index in [0.717, 1.165) is 5.56 Å². The molecule has 2 unspecified atom stereocenters. The summed E-state index contributed by atoms with van der Waals surface area (Å²) in [5.41, 5.74) is 2.50. The van der Waals surface area contributed by atoms with Crippen molar-refractivity contribution in [2.45, 2.75) is 32.0 Å². The summed E-state index contributed by atoms with van der Waals surface area (Å²) in [5.74, 6) is 0. The summed E-state index contributed by atoms with van der Waals surface area (Å²) in [4.78, 5) is 0. The molecule has 2 aromatic carbocycles. The van der Waals surface area contributed by atoms with Crippen LogP contribution in [0, 0.1) is 0 Å². The predicted molar refractivity (Wildman–Crippen MR) is 82.5 cm³/mol. The van der Waals surface area contributed by atoms with Gasteiger partial charge in [-0.15, -0.1) is 0 Å². The van der Waals surface area contributed by atoms with Gasteiger partial charge in [-0.2, -0.15) is 0 Å². The summed E-state index contributed by atoms with van der Waals surface area (Å²) in [6.45, 7) is 3.77. The maximum absolute atomic E-state index is 10.4. The number of hydrogen-bond donors (Lipinski definition) is 1. The maximum atomic E-state index is 10.4. The Morgan fingerprint density at radius 3 is 2.05 bits per heavy atom. The molecule has 2 nitrogen and oxygen atoms in total. The predicted octanol–water partition coefficient (Wildman–Crippen LogP) is 4.20. The summed E-state index contributed by atoms with van der Waals surface area (Å²) >= 11 is 0. The molecule has 0 radical (unpaired) electrons. The Bertz CT molecular complexity index is 529. The van der Waals surface area contributed by atoms with Crippen molar-refractivity contribution >= 4 is 0 Å². The van der Waals surface area contributed by atoms with Gasteiger partial charge in [-0.05, 0) is 30.0 Å². The van der Waals surface area contributed by atoms with Crippen LogP contribution >= 0.6 is 0 Å². The molecule has 2 aromatic rings. The molecule has 2 rings (SSSR count). The van der Waals surface area contributed by atoms with Crippen LogP contribution in [0.5, 0.6) is 0 Å². The Balaban J connectivity index is 2.28. The lowest BCUT2D eigenvalue weighted by atomic mass is 9.89. The van der Waals surface area contributed by atoms with Crippen molar-refractivity contribution in [1.82, 2.24) is 0 Å². The molecule has 0 aliphatic rings. The molecular weight excluding hydrogens is 248 g/mol. The van der Waals surface area contributed by atoms with Crippen molar-refractivity contribution < 1.29 is 9.84 Å². The highest BCUT2D eigenvalue weighted by Crippen LogP contribution is 2.32. The van der Waals surface area contributed by atoms with E-state index in [9.17, 15) is 5.11 Å². The van der Waals surface area contributed by atoms with E-state index in [4.69, 9.17) is 4.74 Å². The van der Waals surface area contributed by atoms with Gasteiger partial charge in [0.1, 0.15) is 6.10 Å². The van der Waals surface area contributed by atoms with Crippen LogP contribution in [-0.2, 0) is 4.74 Å². The van der Waals surface area contributed by atoms with Gasteiger partial charge >= 0.3 is 0 Å². The Morgan fingerprint density at radius 1 is 1.00 bits per heavy atom. The number of ether oxygens (including phenoxy) is 1. The van der Waals surface area contributed by atoms with E-state index in [1.807, 2.05) is 44.2 Å². The van der Waals surface area contributed by atoms with Crippen LogP contribution in [0.4, 0.5) is 0 Å². The van der Waals surface area contributed by atoms with Gasteiger partial charge in [-0.1, -0.05) is 61.5 Å². The van der Waals surface area contributed by atoms with Gasteiger partial charge in [0, 0.05) is 7.11 Å². The van der Waals surface area contributed by atoms with E-state index >= 15 is 0 Å². The Morgan fingerprint density at radius 2 is 1.55 bits per heavy atom. The second-order valence-electron chi connectivity index (χ2n) is 5.31. The molecule has 20 heavy (non-hydrogen) atoms. The van der Waals surface area contributed by atoms with E-state index in [2.05, 4.69) is 24.3 Å². The number of rotatable bonds is 5. The lowest BCUT2D eigenvalue weighted by molar-refractivity contribution is -0.0861. The van der Waals surface area contributed by atoms with Gasteiger partial charge in [0.2, 0.25) is 0 Å². The molecule has 0 saturated carbocycles. The second-order valence-corrected chi connectivity index (χ2v) is 5.31. The van der Waals surface area contributed by atoms with E-state index in [-0.39, 0.29) is 6.10 Å². The van der Waals surface area contributed by atoms with Crippen molar-refractivity contribution in [3.8, 4) is 11.1 Å². The van der Waals surface area contributed by atoms with Gasteiger partial charge in [-0.3, -0.25) is 0 Å². The molecule has 106 valence electrons. The maximum Gasteiger partial charge on any atom is 0.110 e. The monoisotopic (exact) mass is 270 g/mol. The number of aliphatic hydroxyl groups is 1. The first-order chi connectivity index (χ1) is 9.58. The standard InChI is InChI=1S/C18H22O2/c1-4-18(2,19)17(20-3)16-12-10-15(11-13-16)14-8-6-5-7-9-14/h5-13,17,19H,4H2,1-3H3. The zero-order valence-electron chi connectivity index (χ0n) is 12.3. The van der Waals surface area contributed by atoms with Crippen molar-refractivity contribution in [2.24, 2.45) is 0 Å². The molecule has 0 heterocycles. The van der Waals surface area contributed by atoms with Crippen LogP contribution in [-0.4, -0.2) is 17.8 Å². The van der Waals surface area contributed by atoms with Crippen LogP contribution in [0.15, 0.2) is 54.6 Å². The van der Waals surface area contributed by atoms with E-state index in [1.54, 1.807) is 7.11 Å². The fraction of sp³-hybridized carbons (Fsp3) is 0.333. The lowest BCUT2D eigenvalue weighted by Gasteiger charge is -2.31. The first-order valence-electron chi connectivity index (χ1n) is 6.99. The number of hydrogen-bond acceptors (Lipinski definition) is 2. The highest BCUT2D eigenvalue weighted by atomic mass is 16.5. The average Bonchev–Trinajstić information content (AvgIpc) is 2.49. The zero-order valence-corrected chi connectivity index (χ0v) is 12.3. The summed E-state index contributed by atoms with van der Waals surface area (Å²) in [5, 5.41) is 10.4. The van der Waals surface area contributed by atoms with Crippen molar-refractivity contribution in [3.63, 3.8) is 0 Å². The number of benzene rings is 2. The minimum atomic E-state index is -0.858. The molecule has 0 saturated heterocycles. The van der Waals surface area contributed by atoms with Gasteiger partial charge in [0.05, 0.1) is 5.60 Å². The first kappa shape index (κ1) is 14.8. The van der Waals surface area contributed by atoms with Gasteiger partial charge < -0.3 is 9.84 Å². The molecule has 2 atom stereocenters. The van der Waals surface area contributed by atoms with Crippen LogP contribution in [0.3, 0.4) is 0 Å². The molecule has 0 spiro atoms. The fourth-order valence-corrected chi connectivity index (χ4v) is 2.42. The summed E-state index contributed by atoms with van der Waals surface area (Å²) in [7, 11) is 1.64. The van der Waals surface area contributed by atoms with Crippen molar-refractivity contribution in [3.05, 3.63) is 60.2 Å². The lowest BCUT2D eigenvalue weighted by Crippen LogP contribution is -2.33. The molecule has 0 amide bonds. The molecule has 0 fully saturated rings. The summed E-state index contributed by atoms with van der Waals surface area (Å²) in [6.07, 6.45) is 0.337. The smallest absolute Gasteiger partial charge is 0.110 e. The van der Waals surface area contributed by atoms with E-state index in [1.165, 1.54) is 11.1 Å². The minimum Gasteiger partial charge on any atom is -0.387 e. The largest absolute Gasteiger partial charge is 0.387 e. The molecular formula is C18H22O2. The van der Waals surface area contributed by atoms with Gasteiger partial charge in [-0.25, -0.2) is 0 Å². The topological polar surface area (TPSA) is 29.5 Å². The third-order valence-corrected chi connectivity index (χ3v) is 3.84. The molecule has 0 aliphatic heterocycles. The van der Waals surface area contributed by atoms with Gasteiger partial charge in [0.15, 0.2) is 0 Å². The van der Waals surface area contributed by atoms with Crippen LogP contribution < -0.4 is 0 Å². The molecule has 0 bridgehead atoms. The molecule has 1 N–H and O–H groups in total. The number of methoxy groups -OCH3 is 1. The minimum absolute atomic E-state index is 0.308. The van der Waals surface area contributed by atoms with Crippen LogP contribution in [0.25, 0.3) is 11.1 Å². The third kappa shape index (κ3) is 3.09. The zero-order chi connectivity index (χ0) is 14.6. The molecule has 2 heteroatoms. The van der Waals surface area contributed by atoms with Crippen molar-refractivity contribution in [2.75, 3.05) is 7.11 Å².